The van der Waals surface area contributed by atoms with E-state index in [1.165, 1.54) is 6.07 Å². The maximum Gasteiger partial charge on any atom is 0.336 e. The van der Waals surface area contributed by atoms with Crippen LogP contribution in [0.3, 0.4) is 0 Å². The number of aryl methyl sites for hydroxylation is 1. The Labute approximate surface area is 159 Å². The van der Waals surface area contributed by atoms with Gasteiger partial charge >= 0.3 is 5.63 Å². The second-order valence-corrected chi connectivity index (χ2v) is 6.75. The highest BCUT2D eigenvalue weighted by Gasteiger charge is 2.06. The molecule has 0 fully saturated rings. The molecule has 0 saturated heterocycles. The number of fused-ring (bicyclic) bond motifs is 1. The van der Waals surface area contributed by atoms with Gasteiger partial charge in [-0.25, -0.2) is 4.79 Å². The lowest BCUT2D eigenvalue weighted by atomic mass is 10.1. The maximum atomic E-state index is 11.5. The molecule has 0 atom stereocenters. The van der Waals surface area contributed by atoms with Gasteiger partial charge in [-0.05, 0) is 54.5 Å². The highest BCUT2D eigenvalue weighted by molar-refractivity contribution is 7.80. The summed E-state index contributed by atoms with van der Waals surface area (Å²) in [5.74, 6) is 0. The lowest BCUT2D eigenvalue weighted by molar-refractivity contribution is 0.560. The average molecular weight is 393 g/mol. The number of anilines is 1. The number of halogens is 2. The smallest absolute Gasteiger partial charge is 0.336 e. The molecule has 0 aliphatic heterocycles. The van der Waals surface area contributed by atoms with Crippen molar-refractivity contribution in [2.45, 2.75) is 13.5 Å². The Hall–Kier alpha value is -2.08. The quantitative estimate of drug-likeness (QED) is 0.490. The molecule has 1 heterocycles. The minimum Gasteiger partial charge on any atom is -0.423 e. The van der Waals surface area contributed by atoms with Crippen molar-refractivity contribution >= 4 is 57.2 Å². The third-order valence-corrected chi connectivity index (χ3v) is 4.50. The molecular formula is C18H14Cl2N2O2S. The van der Waals surface area contributed by atoms with Gasteiger partial charge in [-0.2, -0.15) is 0 Å². The molecule has 0 amide bonds. The van der Waals surface area contributed by atoms with Crippen LogP contribution in [0.25, 0.3) is 11.0 Å². The molecule has 2 aromatic carbocycles. The van der Waals surface area contributed by atoms with E-state index in [0.29, 0.717) is 27.3 Å². The van der Waals surface area contributed by atoms with Gasteiger partial charge in [0.1, 0.15) is 5.58 Å². The molecule has 0 saturated carbocycles. The molecule has 4 nitrogen and oxygen atoms in total. The zero-order valence-electron chi connectivity index (χ0n) is 13.2. The van der Waals surface area contributed by atoms with Gasteiger partial charge in [0.2, 0.25) is 0 Å². The number of benzene rings is 2. The number of hydrogen-bond donors (Lipinski definition) is 2. The number of rotatable bonds is 3. The average Bonchev–Trinajstić information content (AvgIpc) is 2.53. The summed E-state index contributed by atoms with van der Waals surface area (Å²) in [4.78, 5) is 11.5. The Morgan fingerprint density at radius 3 is 2.72 bits per heavy atom. The molecule has 2 N–H and O–H groups in total. The molecule has 3 rings (SSSR count). The standard InChI is InChI=1S/C18H14Cl2N2O2S/c1-10-6-17(23)24-16-8-13(4-5-14(10)16)22-18(25)21-9-11-2-3-12(19)7-15(11)20/h2-8H,9H2,1H3,(H2,21,22,25). The summed E-state index contributed by atoms with van der Waals surface area (Å²) in [6, 6.07) is 12.3. The maximum absolute atomic E-state index is 11.5. The van der Waals surface area contributed by atoms with Gasteiger partial charge in [-0.15, -0.1) is 0 Å². The van der Waals surface area contributed by atoms with Crippen molar-refractivity contribution in [3.63, 3.8) is 0 Å². The van der Waals surface area contributed by atoms with Crippen molar-refractivity contribution in [1.82, 2.24) is 5.32 Å². The Kier molecular flexibility index (Phi) is 5.27. The van der Waals surface area contributed by atoms with Crippen LogP contribution in [0.1, 0.15) is 11.1 Å². The zero-order chi connectivity index (χ0) is 18.0. The number of thiocarbonyl (C=S) groups is 1. The van der Waals surface area contributed by atoms with Gasteiger partial charge in [0.05, 0.1) is 0 Å². The lowest BCUT2D eigenvalue weighted by Gasteiger charge is -2.12. The molecule has 3 aromatic rings. The Balaban J connectivity index is 1.70. The van der Waals surface area contributed by atoms with E-state index in [1.807, 2.05) is 25.1 Å². The van der Waals surface area contributed by atoms with Gasteiger partial charge in [0.15, 0.2) is 5.11 Å². The summed E-state index contributed by atoms with van der Waals surface area (Å²) in [6.45, 7) is 2.33. The number of hydrogen-bond acceptors (Lipinski definition) is 3. The van der Waals surface area contributed by atoms with Crippen LogP contribution in [0.15, 0.2) is 51.7 Å². The molecule has 0 bridgehead atoms. The van der Waals surface area contributed by atoms with Crippen molar-refractivity contribution in [3.8, 4) is 0 Å². The highest BCUT2D eigenvalue weighted by Crippen LogP contribution is 2.22. The topological polar surface area (TPSA) is 54.3 Å². The van der Waals surface area contributed by atoms with Gasteiger partial charge in [-0.1, -0.05) is 29.3 Å². The first-order valence-corrected chi connectivity index (χ1v) is 8.62. The predicted molar refractivity (Wildman–Crippen MR) is 107 cm³/mol. The largest absolute Gasteiger partial charge is 0.423 e. The van der Waals surface area contributed by atoms with Crippen molar-refractivity contribution in [2.24, 2.45) is 0 Å². The van der Waals surface area contributed by atoms with Gasteiger partial charge < -0.3 is 15.1 Å². The van der Waals surface area contributed by atoms with E-state index in [4.69, 9.17) is 39.8 Å². The van der Waals surface area contributed by atoms with E-state index in [9.17, 15) is 4.79 Å². The molecule has 1 aromatic heterocycles. The fourth-order valence-corrected chi connectivity index (χ4v) is 3.08. The molecule has 0 aliphatic carbocycles. The van der Waals surface area contributed by atoms with Crippen LogP contribution in [0.4, 0.5) is 5.69 Å². The summed E-state index contributed by atoms with van der Waals surface area (Å²) < 4.78 is 5.23. The molecular weight excluding hydrogens is 379 g/mol. The fraction of sp³-hybridized carbons (Fsp3) is 0.111. The Morgan fingerprint density at radius 2 is 1.96 bits per heavy atom. The minimum absolute atomic E-state index is 0.375. The van der Waals surface area contributed by atoms with Crippen LogP contribution < -0.4 is 16.3 Å². The van der Waals surface area contributed by atoms with Gasteiger partial charge in [-0.3, -0.25) is 0 Å². The minimum atomic E-state index is -0.375. The molecule has 0 spiro atoms. The van der Waals surface area contributed by atoms with Crippen molar-refractivity contribution < 1.29 is 4.42 Å². The van der Waals surface area contributed by atoms with Crippen LogP contribution in [0.5, 0.6) is 0 Å². The lowest BCUT2D eigenvalue weighted by Crippen LogP contribution is -2.28. The van der Waals surface area contributed by atoms with Crippen LogP contribution in [0, 0.1) is 6.92 Å². The van der Waals surface area contributed by atoms with Gasteiger partial charge in [0.25, 0.3) is 0 Å². The zero-order valence-corrected chi connectivity index (χ0v) is 15.6. The van der Waals surface area contributed by atoms with E-state index < -0.39 is 0 Å². The van der Waals surface area contributed by atoms with E-state index in [0.717, 1.165) is 22.2 Å². The van der Waals surface area contributed by atoms with E-state index in [2.05, 4.69) is 10.6 Å². The van der Waals surface area contributed by atoms with Crippen LogP contribution in [-0.2, 0) is 6.54 Å². The third-order valence-electron chi connectivity index (χ3n) is 3.66. The highest BCUT2D eigenvalue weighted by atomic mass is 35.5. The molecule has 0 radical (unpaired) electrons. The SMILES string of the molecule is Cc1cc(=O)oc2cc(NC(=S)NCc3ccc(Cl)cc3Cl)ccc12. The third kappa shape index (κ3) is 4.31. The van der Waals surface area contributed by atoms with Crippen LogP contribution in [-0.4, -0.2) is 5.11 Å². The first kappa shape index (κ1) is 17.7. The van der Waals surface area contributed by atoms with Gasteiger partial charge in [0, 0.05) is 39.8 Å². The van der Waals surface area contributed by atoms with Crippen LogP contribution in [0.2, 0.25) is 10.0 Å². The van der Waals surface area contributed by atoms with Crippen molar-refractivity contribution in [2.75, 3.05) is 5.32 Å². The second-order valence-electron chi connectivity index (χ2n) is 5.50. The number of nitrogens with one attached hydrogen (secondary N) is 2. The van der Waals surface area contributed by atoms with Crippen LogP contribution >= 0.6 is 35.4 Å². The second kappa shape index (κ2) is 7.44. The summed E-state index contributed by atoms with van der Waals surface area (Å²) in [5.41, 5.74) is 2.62. The molecule has 0 aliphatic rings. The molecule has 25 heavy (non-hydrogen) atoms. The summed E-state index contributed by atoms with van der Waals surface area (Å²) in [6.07, 6.45) is 0. The molecule has 128 valence electrons. The monoisotopic (exact) mass is 392 g/mol. The van der Waals surface area contributed by atoms with Crippen molar-refractivity contribution in [1.29, 1.82) is 0 Å². The first-order valence-electron chi connectivity index (χ1n) is 7.45. The normalized spacial score (nSPS) is 10.7. The Bertz CT molecular complexity index is 1020. The van der Waals surface area contributed by atoms with E-state index in [-0.39, 0.29) is 5.63 Å². The molecule has 7 heteroatoms. The summed E-state index contributed by atoms with van der Waals surface area (Å²) >= 11 is 17.3. The Morgan fingerprint density at radius 1 is 1.16 bits per heavy atom. The summed E-state index contributed by atoms with van der Waals surface area (Å²) in [5, 5.41) is 8.62. The summed E-state index contributed by atoms with van der Waals surface area (Å²) in [7, 11) is 0. The first-order chi connectivity index (χ1) is 11.9. The van der Waals surface area contributed by atoms with Crippen molar-refractivity contribution in [3.05, 3.63) is 74.1 Å². The fourth-order valence-electron chi connectivity index (χ4n) is 2.42. The molecule has 0 unspecified atom stereocenters. The van der Waals surface area contributed by atoms with E-state index in [1.54, 1.807) is 18.2 Å². The van der Waals surface area contributed by atoms with E-state index >= 15 is 0 Å². The predicted octanol–water partition coefficient (Wildman–Crippen LogP) is 4.89.